The van der Waals surface area contributed by atoms with Crippen molar-refractivity contribution < 1.29 is 14.3 Å². The summed E-state index contributed by atoms with van der Waals surface area (Å²) in [5, 5.41) is 14.6. The molecule has 0 aliphatic heterocycles. The summed E-state index contributed by atoms with van der Waals surface area (Å²) >= 11 is 12.0. The molecule has 2 amide bonds. The summed E-state index contributed by atoms with van der Waals surface area (Å²) in [6.07, 6.45) is 1.42. The molecule has 1 heterocycles. The Bertz CT molecular complexity index is 1300. The van der Waals surface area contributed by atoms with Gasteiger partial charge in [0, 0.05) is 51.6 Å². The third-order valence-corrected chi connectivity index (χ3v) is 5.91. The van der Waals surface area contributed by atoms with E-state index in [2.05, 4.69) is 15.6 Å². The van der Waals surface area contributed by atoms with Crippen molar-refractivity contribution in [3.63, 3.8) is 0 Å². The highest BCUT2D eigenvalue weighted by Crippen LogP contribution is 2.26. The SMILES string of the molecule is COCCN(C)c1cc(C(=N)N(C)C)ccc1C(=O)Nc1ccc(Cl)cc1C(=O)Nc1ccc(Cl)cn1. The van der Waals surface area contributed by atoms with Crippen LogP contribution in [0, 0.1) is 5.41 Å². The predicted octanol–water partition coefficient (Wildman–Crippen LogP) is 4.86. The molecule has 0 fully saturated rings. The van der Waals surface area contributed by atoms with Gasteiger partial charge in [0.25, 0.3) is 11.8 Å². The van der Waals surface area contributed by atoms with Crippen molar-refractivity contribution in [3.05, 3.63) is 81.5 Å². The Morgan fingerprint density at radius 2 is 1.65 bits per heavy atom. The lowest BCUT2D eigenvalue weighted by molar-refractivity contribution is 0.102. The first-order valence-corrected chi connectivity index (χ1v) is 12.0. The summed E-state index contributed by atoms with van der Waals surface area (Å²) in [5.74, 6) is -0.323. The minimum absolute atomic E-state index is 0.165. The maximum absolute atomic E-state index is 13.5. The molecule has 0 saturated heterocycles. The summed E-state index contributed by atoms with van der Waals surface area (Å²) in [6, 6.07) is 13.0. The monoisotopic (exact) mass is 542 g/mol. The Hall–Kier alpha value is -3.66. The average molecular weight is 543 g/mol. The average Bonchev–Trinajstić information content (AvgIpc) is 2.88. The summed E-state index contributed by atoms with van der Waals surface area (Å²) in [7, 11) is 7.01. The van der Waals surface area contributed by atoms with Crippen LogP contribution in [0.4, 0.5) is 17.2 Å². The molecule has 194 valence electrons. The number of amides is 2. The topological polar surface area (TPSA) is 111 Å². The largest absolute Gasteiger partial charge is 0.383 e. The standard InChI is InChI=1S/C26H28Cl2N6O3/c1-33(2)24(29)16-5-8-19(22(13-16)34(3)11-12-37-4)25(35)31-21-9-6-17(27)14-20(21)26(36)32-23-10-7-18(28)15-30-23/h5-10,13-15,29H,11-12H2,1-4H3,(H,31,35)(H,30,32,36). The van der Waals surface area contributed by atoms with Crippen molar-refractivity contribution in [1.82, 2.24) is 9.88 Å². The molecule has 37 heavy (non-hydrogen) atoms. The number of halogens is 2. The second-order valence-corrected chi connectivity index (χ2v) is 9.22. The van der Waals surface area contributed by atoms with Crippen LogP contribution in [0.1, 0.15) is 26.3 Å². The number of aromatic nitrogens is 1. The lowest BCUT2D eigenvalue weighted by Crippen LogP contribution is -2.27. The van der Waals surface area contributed by atoms with Gasteiger partial charge in [0.15, 0.2) is 0 Å². The molecule has 3 N–H and O–H groups in total. The van der Waals surface area contributed by atoms with Crippen molar-refractivity contribution in [1.29, 1.82) is 5.41 Å². The molecule has 0 atom stereocenters. The number of nitrogens with one attached hydrogen (secondary N) is 3. The van der Waals surface area contributed by atoms with Gasteiger partial charge in [-0.15, -0.1) is 0 Å². The Kier molecular flexibility index (Phi) is 9.46. The van der Waals surface area contributed by atoms with E-state index in [1.165, 1.54) is 12.3 Å². The van der Waals surface area contributed by atoms with Crippen molar-refractivity contribution in [2.45, 2.75) is 0 Å². The minimum atomic E-state index is -0.500. The van der Waals surface area contributed by atoms with Gasteiger partial charge < -0.3 is 25.2 Å². The van der Waals surface area contributed by atoms with E-state index in [1.807, 2.05) is 11.9 Å². The molecule has 0 bridgehead atoms. The number of amidine groups is 1. The molecule has 0 unspecified atom stereocenters. The van der Waals surface area contributed by atoms with Gasteiger partial charge in [0.05, 0.1) is 34.1 Å². The Labute approximate surface area is 225 Å². The fraction of sp³-hybridized carbons (Fsp3) is 0.231. The quantitative estimate of drug-likeness (QED) is 0.263. The molecule has 3 aromatic rings. The maximum Gasteiger partial charge on any atom is 0.258 e. The number of pyridine rings is 1. The van der Waals surface area contributed by atoms with Gasteiger partial charge in [-0.25, -0.2) is 4.98 Å². The maximum atomic E-state index is 13.5. The molecule has 0 spiro atoms. The van der Waals surface area contributed by atoms with Crippen LogP contribution in [0.3, 0.4) is 0 Å². The molecular formula is C26H28Cl2N6O3. The molecule has 0 saturated carbocycles. The first-order valence-electron chi connectivity index (χ1n) is 11.2. The number of anilines is 3. The zero-order valence-electron chi connectivity index (χ0n) is 20.9. The molecule has 0 aliphatic carbocycles. The Morgan fingerprint density at radius 3 is 2.30 bits per heavy atom. The predicted molar refractivity (Wildman–Crippen MR) is 149 cm³/mol. The van der Waals surface area contributed by atoms with Crippen LogP contribution in [0.5, 0.6) is 0 Å². The second-order valence-electron chi connectivity index (χ2n) is 8.35. The normalized spacial score (nSPS) is 10.5. The van der Waals surface area contributed by atoms with Crippen LogP contribution < -0.4 is 15.5 Å². The van der Waals surface area contributed by atoms with E-state index in [4.69, 9.17) is 33.3 Å². The van der Waals surface area contributed by atoms with Gasteiger partial charge in [0.2, 0.25) is 0 Å². The van der Waals surface area contributed by atoms with Crippen LogP contribution in [0.2, 0.25) is 10.0 Å². The highest BCUT2D eigenvalue weighted by Gasteiger charge is 2.20. The van der Waals surface area contributed by atoms with Crippen molar-refractivity contribution in [2.75, 3.05) is 56.9 Å². The van der Waals surface area contributed by atoms with Crippen LogP contribution >= 0.6 is 23.2 Å². The van der Waals surface area contributed by atoms with Gasteiger partial charge in [0.1, 0.15) is 11.7 Å². The van der Waals surface area contributed by atoms with E-state index in [-0.39, 0.29) is 11.3 Å². The fourth-order valence-corrected chi connectivity index (χ4v) is 3.71. The summed E-state index contributed by atoms with van der Waals surface area (Å²) in [5.41, 5.74) is 2.08. The van der Waals surface area contributed by atoms with Gasteiger partial charge in [-0.05, 0) is 42.5 Å². The Morgan fingerprint density at radius 1 is 0.946 bits per heavy atom. The van der Waals surface area contributed by atoms with E-state index in [0.29, 0.717) is 51.7 Å². The molecule has 9 nitrogen and oxygen atoms in total. The lowest BCUT2D eigenvalue weighted by atomic mass is 10.1. The number of likely N-dealkylation sites (N-methyl/N-ethyl adjacent to an activating group) is 1. The third-order valence-electron chi connectivity index (χ3n) is 5.45. The van der Waals surface area contributed by atoms with Crippen LogP contribution in [-0.2, 0) is 4.74 Å². The molecular weight excluding hydrogens is 515 g/mol. The first kappa shape index (κ1) is 27.9. The van der Waals surface area contributed by atoms with E-state index in [0.717, 1.165) is 0 Å². The number of carbonyl (C=O) groups is 2. The number of carbonyl (C=O) groups excluding carboxylic acids is 2. The third kappa shape index (κ3) is 7.19. The first-order chi connectivity index (χ1) is 17.6. The van der Waals surface area contributed by atoms with Crippen LogP contribution in [0.15, 0.2) is 54.7 Å². The van der Waals surface area contributed by atoms with Gasteiger partial charge in [-0.2, -0.15) is 0 Å². The van der Waals surface area contributed by atoms with Crippen molar-refractivity contribution in [3.8, 4) is 0 Å². The van der Waals surface area contributed by atoms with E-state index < -0.39 is 11.8 Å². The zero-order chi connectivity index (χ0) is 27.1. The number of hydrogen-bond acceptors (Lipinski definition) is 6. The van der Waals surface area contributed by atoms with Crippen molar-refractivity contribution >= 4 is 58.0 Å². The molecule has 0 radical (unpaired) electrons. The molecule has 0 aliphatic rings. The van der Waals surface area contributed by atoms with E-state index in [9.17, 15) is 9.59 Å². The summed E-state index contributed by atoms with van der Waals surface area (Å²) in [4.78, 5) is 34.1. The van der Waals surface area contributed by atoms with Crippen molar-refractivity contribution in [2.24, 2.45) is 0 Å². The number of ether oxygens (including phenoxy) is 1. The highest BCUT2D eigenvalue weighted by molar-refractivity contribution is 6.31. The molecule has 11 heteroatoms. The van der Waals surface area contributed by atoms with Crippen LogP contribution in [0.25, 0.3) is 0 Å². The molecule has 1 aromatic heterocycles. The summed E-state index contributed by atoms with van der Waals surface area (Å²) < 4.78 is 5.19. The van der Waals surface area contributed by atoms with Gasteiger partial charge >= 0.3 is 0 Å². The molecule has 2 aromatic carbocycles. The smallest absolute Gasteiger partial charge is 0.258 e. The Balaban J connectivity index is 1.93. The highest BCUT2D eigenvalue weighted by atomic mass is 35.5. The fourth-order valence-electron chi connectivity index (χ4n) is 3.43. The second kappa shape index (κ2) is 12.5. The van der Waals surface area contributed by atoms with Gasteiger partial charge in [-0.3, -0.25) is 15.0 Å². The number of benzene rings is 2. The number of methoxy groups -OCH3 is 1. The lowest BCUT2D eigenvalue weighted by Gasteiger charge is -2.24. The van der Waals surface area contributed by atoms with Crippen LogP contribution in [-0.4, -0.2) is 68.9 Å². The van der Waals surface area contributed by atoms with Gasteiger partial charge in [-0.1, -0.05) is 29.3 Å². The number of rotatable bonds is 9. The summed E-state index contributed by atoms with van der Waals surface area (Å²) in [6.45, 7) is 0.978. The number of hydrogen-bond donors (Lipinski definition) is 3. The minimum Gasteiger partial charge on any atom is -0.383 e. The number of nitrogens with zero attached hydrogens (tertiary/aromatic N) is 3. The van der Waals surface area contributed by atoms with E-state index >= 15 is 0 Å². The zero-order valence-corrected chi connectivity index (χ0v) is 22.4. The molecule has 3 rings (SSSR count). The van der Waals surface area contributed by atoms with E-state index in [1.54, 1.807) is 68.6 Å².